The van der Waals surface area contributed by atoms with Crippen LogP contribution in [0.1, 0.15) is 17.8 Å². The monoisotopic (exact) mass is 350 g/mol. The van der Waals surface area contributed by atoms with Crippen LogP contribution in [0.2, 0.25) is 0 Å². The van der Waals surface area contributed by atoms with Gasteiger partial charge in [-0.3, -0.25) is 4.79 Å². The zero-order valence-electron chi connectivity index (χ0n) is 12.9. The average molecular weight is 351 g/mol. The van der Waals surface area contributed by atoms with Crippen LogP contribution in [-0.2, 0) is 4.79 Å². The number of ketones is 1. The van der Waals surface area contributed by atoms with Gasteiger partial charge in [-0.2, -0.15) is 5.26 Å². The van der Waals surface area contributed by atoms with Crippen molar-refractivity contribution in [2.75, 3.05) is 14.2 Å². The molecular formula is C16H15ClN2O3S. The van der Waals surface area contributed by atoms with E-state index in [-0.39, 0.29) is 5.78 Å². The number of halogens is 1. The van der Waals surface area contributed by atoms with Gasteiger partial charge < -0.3 is 9.47 Å². The van der Waals surface area contributed by atoms with Gasteiger partial charge in [0.05, 0.1) is 31.4 Å². The van der Waals surface area contributed by atoms with Crippen molar-refractivity contribution in [3.8, 4) is 28.8 Å². The molecule has 1 aromatic heterocycles. The molecule has 0 bridgehead atoms. The van der Waals surface area contributed by atoms with E-state index in [4.69, 9.17) is 21.1 Å². The Morgan fingerprint density at radius 3 is 2.70 bits per heavy atom. The first kappa shape index (κ1) is 17.3. The Bertz CT molecular complexity index is 752. The number of benzene rings is 1. The Morgan fingerprint density at radius 2 is 2.13 bits per heavy atom. The van der Waals surface area contributed by atoms with Gasteiger partial charge in [0.15, 0.2) is 11.7 Å². The van der Waals surface area contributed by atoms with Crippen molar-refractivity contribution in [2.45, 2.75) is 18.2 Å². The van der Waals surface area contributed by atoms with Crippen LogP contribution in [0.15, 0.2) is 23.6 Å². The molecular weight excluding hydrogens is 336 g/mol. The van der Waals surface area contributed by atoms with Gasteiger partial charge in [-0.05, 0) is 25.1 Å². The van der Waals surface area contributed by atoms with E-state index in [1.807, 2.05) is 6.07 Å². The summed E-state index contributed by atoms with van der Waals surface area (Å²) in [5, 5.41) is 10.7. The van der Waals surface area contributed by atoms with Crippen LogP contribution in [0.4, 0.5) is 0 Å². The van der Waals surface area contributed by atoms with Crippen molar-refractivity contribution < 1.29 is 14.3 Å². The third kappa shape index (κ3) is 3.63. The third-order valence-electron chi connectivity index (χ3n) is 3.26. The van der Waals surface area contributed by atoms with Crippen molar-refractivity contribution >= 4 is 28.7 Å². The van der Waals surface area contributed by atoms with Gasteiger partial charge >= 0.3 is 0 Å². The van der Waals surface area contributed by atoms with E-state index in [9.17, 15) is 10.1 Å². The number of rotatable bonds is 6. The lowest BCUT2D eigenvalue weighted by molar-refractivity contribution is -0.118. The largest absolute Gasteiger partial charge is 0.497 e. The summed E-state index contributed by atoms with van der Waals surface area (Å²) in [4.78, 5) is 16.4. The smallest absolute Gasteiger partial charge is 0.174 e. The fourth-order valence-corrected chi connectivity index (χ4v) is 3.02. The van der Waals surface area contributed by atoms with E-state index in [2.05, 4.69) is 4.98 Å². The molecule has 2 unspecified atom stereocenters. The van der Waals surface area contributed by atoms with Gasteiger partial charge in [0, 0.05) is 10.9 Å². The van der Waals surface area contributed by atoms with Crippen LogP contribution in [0.25, 0.3) is 11.3 Å². The molecule has 0 spiro atoms. The number of aromatic nitrogens is 1. The Balaban J connectivity index is 2.43. The summed E-state index contributed by atoms with van der Waals surface area (Å²) in [6.45, 7) is 1.55. The first-order chi connectivity index (χ1) is 11.0. The Morgan fingerprint density at radius 1 is 1.39 bits per heavy atom. The second-order valence-corrected chi connectivity index (χ2v) is 6.26. The van der Waals surface area contributed by atoms with E-state index in [0.29, 0.717) is 22.2 Å². The predicted octanol–water partition coefficient (Wildman–Crippen LogP) is 3.63. The van der Waals surface area contributed by atoms with Crippen LogP contribution in [0.3, 0.4) is 0 Å². The lowest BCUT2D eigenvalue weighted by Crippen LogP contribution is -2.18. The number of nitriles is 1. The number of methoxy groups -OCH3 is 2. The highest BCUT2D eigenvalue weighted by molar-refractivity contribution is 7.10. The number of hydrogen-bond acceptors (Lipinski definition) is 6. The minimum absolute atomic E-state index is 0.354. The fourth-order valence-electron chi connectivity index (χ4n) is 2.03. The van der Waals surface area contributed by atoms with Crippen LogP contribution in [0.5, 0.6) is 11.5 Å². The van der Waals surface area contributed by atoms with Crippen molar-refractivity contribution in [2.24, 2.45) is 0 Å². The summed E-state index contributed by atoms with van der Waals surface area (Å²) in [6, 6.07) is 7.33. The first-order valence-electron chi connectivity index (χ1n) is 6.77. The molecule has 0 aliphatic heterocycles. The summed E-state index contributed by atoms with van der Waals surface area (Å²) >= 11 is 7.05. The molecule has 2 atom stereocenters. The Hall–Kier alpha value is -2.10. The molecule has 7 heteroatoms. The average Bonchev–Trinajstić information content (AvgIpc) is 3.04. The van der Waals surface area contributed by atoms with Gasteiger partial charge in [-0.1, -0.05) is 0 Å². The summed E-state index contributed by atoms with van der Waals surface area (Å²) in [7, 11) is 3.14. The van der Waals surface area contributed by atoms with Gasteiger partial charge in [0.1, 0.15) is 16.5 Å². The number of nitrogens with zero attached hydrogens (tertiary/aromatic N) is 2. The summed E-state index contributed by atoms with van der Waals surface area (Å²) in [5.74, 6) is -0.0173. The maximum Gasteiger partial charge on any atom is 0.174 e. The number of Topliss-reactive ketones (excluding diaryl/α,β-unsaturated/α-hetero) is 1. The minimum Gasteiger partial charge on any atom is -0.497 e. The summed E-state index contributed by atoms with van der Waals surface area (Å²) in [6.07, 6.45) is 0. The molecule has 5 nitrogen and oxygen atoms in total. The lowest BCUT2D eigenvalue weighted by Gasteiger charge is -2.09. The minimum atomic E-state index is -0.960. The highest BCUT2D eigenvalue weighted by atomic mass is 35.5. The number of carbonyl (C=O) groups excluding carboxylic acids is 1. The summed E-state index contributed by atoms with van der Waals surface area (Å²) in [5.41, 5.74) is 1.36. The van der Waals surface area contributed by atoms with E-state index < -0.39 is 11.3 Å². The van der Waals surface area contributed by atoms with Crippen LogP contribution >= 0.6 is 22.9 Å². The lowest BCUT2D eigenvalue weighted by atomic mass is 10.0. The second kappa shape index (κ2) is 7.44. The molecule has 0 fully saturated rings. The molecule has 0 saturated heterocycles. The molecule has 1 heterocycles. The molecule has 2 aromatic rings. The van der Waals surface area contributed by atoms with Gasteiger partial charge in [0.25, 0.3) is 0 Å². The number of hydrogen-bond donors (Lipinski definition) is 0. The molecule has 0 aliphatic rings. The topological polar surface area (TPSA) is 72.2 Å². The van der Waals surface area contributed by atoms with Crippen molar-refractivity contribution in [3.63, 3.8) is 0 Å². The summed E-state index contributed by atoms with van der Waals surface area (Å²) < 4.78 is 10.6. The standard InChI is InChI=1S/C16H15ClN2O3S/c1-9(17)15(20)12(7-18)16-19-13(8-23-16)11-6-10(21-2)4-5-14(11)22-3/h4-6,8-9,12H,1-3H3. The highest BCUT2D eigenvalue weighted by Gasteiger charge is 2.27. The van der Waals surface area contributed by atoms with Gasteiger partial charge in [-0.25, -0.2) is 4.98 Å². The van der Waals surface area contributed by atoms with E-state index in [1.54, 1.807) is 44.7 Å². The van der Waals surface area contributed by atoms with Crippen LogP contribution in [-0.4, -0.2) is 30.4 Å². The Labute approximate surface area is 143 Å². The van der Waals surface area contributed by atoms with E-state index in [0.717, 1.165) is 5.56 Å². The normalized spacial score (nSPS) is 13.0. The maximum atomic E-state index is 12.0. The van der Waals surface area contributed by atoms with Crippen LogP contribution in [0, 0.1) is 11.3 Å². The second-order valence-electron chi connectivity index (χ2n) is 4.72. The number of thiazole rings is 1. The molecule has 1 aromatic carbocycles. The molecule has 0 radical (unpaired) electrons. The molecule has 0 saturated carbocycles. The highest BCUT2D eigenvalue weighted by Crippen LogP contribution is 2.35. The van der Waals surface area contributed by atoms with Crippen LogP contribution < -0.4 is 9.47 Å². The van der Waals surface area contributed by atoms with Crippen molar-refractivity contribution in [1.29, 1.82) is 5.26 Å². The van der Waals surface area contributed by atoms with Crippen molar-refractivity contribution in [1.82, 2.24) is 4.98 Å². The maximum absolute atomic E-state index is 12.0. The number of carbonyl (C=O) groups is 1. The molecule has 2 rings (SSSR count). The third-order valence-corrected chi connectivity index (χ3v) is 4.38. The SMILES string of the molecule is COc1ccc(OC)c(-c2csc(C(C#N)C(=O)C(C)Cl)n2)c1. The van der Waals surface area contributed by atoms with E-state index >= 15 is 0 Å². The molecule has 0 aliphatic carbocycles. The predicted molar refractivity (Wildman–Crippen MR) is 89.3 cm³/mol. The fraction of sp³-hybridized carbons (Fsp3) is 0.312. The number of alkyl halides is 1. The first-order valence-corrected chi connectivity index (χ1v) is 8.08. The molecule has 0 N–H and O–H groups in total. The molecule has 120 valence electrons. The Kier molecular flexibility index (Phi) is 5.59. The van der Waals surface area contributed by atoms with E-state index in [1.165, 1.54) is 11.3 Å². The molecule has 0 amide bonds. The zero-order valence-corrected chi connectivity index (χ0v) is 14.4. The van der Waals surface area contributed by atoms with Gasteiger partial charge in [0.2, 0.25) is 0 Å². The number of ether oxygens (including phenoxy) is 2. The zero-order chi connectivity index (χ0) is 17.0. The molecule has 23 heavy (non-hydrogen) atoms. The quantitative estimate of drug-likeness (QED) is 0.744. The van der Waals surface area contributed by atoms with Crippen molar-refractivity contribution in [3.05, 3.63) is 28.6 Å². The van der Waals surface area contributed by atoms with Gasteiger partial charge in [-0.15, -0.1) is 22.9 Å².